The van der Waals surface area contributed by atoms with Gasteiger partial charge in [-0.25, -0.2) is 0 Å². The Hall–Kier alpha value is -0.840. The van der Waals surface area contributed by atoms with Gasteiger partial charge < -0.3 is 14.6 Å². The second-order valence-electron chi connectivity index (χ2n) is 6.65. The van der Waals surface area contributed by atoms with Gasteiger partial charge in [0.05, 0.1) is 6.54 Å². The molecule has 0 amide bonds. The number of hydrogen-bond donors (Lipinski definition) is 1. The molecular formula is C16H27N3O. The highest BCUT2D eigenvalue weighted by molar-refractivity contribution is 5.17. The van der Waals surface area contributed by atoms with Crippen molar-refractivity contribution in [1.29, 1.82) is 0 Å². The lowest BCUT2D eigenvalue weighted by molar-refractivity contribution is 0.113. The van der Waals surface area contributed by atoms with Gasteiger partial charge in [0.1, 0.15) is 11.5 Å². The molecule has 0 aromatic carbocycles. The van der Waals surface area contributed by atoms with Gasteiger partial charge >= 0.3 is 0 Å². The third-order valence-electron chi connectivity index (χ3n) is 4.82. The van der Waals surface area contributed by atoms with Crippen LogP contribution >= 0.6 is 0 Å². The van der Waals surface area contributed by atoms with E-state index in [1.54, 1.807) is 0 Å². The van der Waals surface area contributed by atoms with Crippen LogP contribution in [0.25, 0.3) is 0 Å². The first-order chi connectivity index (χ1) is 9.63. The summed E-state index contributed by atoms with van der Waals surface area (Å²) in [5, 5.41) is 3.54. The van der Waals surface area contributed by atoms with E-state index in [-0.39, 0.29) is 0 Å². The maximum Gasteiger partial charge on any atom is 0.117 e. The van der Waals surface area contributed by atoms with E-state index < -0.39 is 0 Å². The van der Waals surface area contributed by atoms with Crippen LogP contribution in [0.1, 0.15) is 30.8 Å². The fourth-order valence-electron chi connectivity index (χ4n) is 3.09. The van der Waals surface area contributed by atoms with Crippen LogP contribution in [-0.2, 0) is 6.54 Å². The Balaban J connectivity index is 1.44. The van der Waals surface area contributed by atoms with E-state index in [0.29, 0.717) is 12.0 Å². The van der Waals surface area contributed by atoms with Crippen molar-refractivity contribution < 1.29 is 4.42 Å². The number of rotatable bonds is 5. The minimum Gasteiger partial charge on any atom is -0.464 e. The van der Waals surface area contributed by atoms with Crippen molar-refractivity contribution in [2.24, 2.45) is 5.92 Å². The predicted octanol–water partition coefficient (Wildman–Crippen LogP) is 1.74. The molecule has 0 radical (unpaired) electrons. The van der Waals surface area contributed by atoms with Crippen LogP contribution in [-0.4, -0.2) is 56.1 Å². The number of piperazine rings is 1. The van der Waals surface area contributed by atoms with E-state index in [0.717, 1.165) is 37.9 Å². The van der Waals surface area contributed by atoms with E-state index in [4.69, 9.17) is 4.42 Å². The Labute approximate surface area is 122 Å². The van der Waals surface area contributed by atoms with Gasteiger partial charge in [-0.05, 0) is 38.6 Å². The molecule has 2 aliphatic rings. The summed E-state index contributed by atoms with van der Waals surface area (Å²) in [5.41, 5.74) is 0. The van der Waals surface area contributed by atoms with Crippen molar-refractivity contribution in [2.45, 2.75) is 31.8 Å². The number of nitrogens with one attached hydrogen (secondary N) is 1. The fourth-order valence-corrected chi connectivity index (χ4v) is 3.09. The molecule has 4 nitrogen and oxygen atoms in total. The predicted molar refractivity (Wildman–Crippen MR) is 80.9 cm³/mol. The molecule has 0 bridgehead atoms. The zero-order chi connectivity index (χ0) is 14.1. The molecule has 1 saturated carbocycles. The molecule has 112 valence electrons. The molecule has 1 N–H and O–H groups in total. The number of furan rings is 1. The fraction of sp³-hybridized carbons (Fsp3) is 0.750. The molecule has 0 spiro atoms. The largest absolute Gasteiger partial charge is 0.464 e. The summed E-state index contributed by atoms with van der Waals surface area (Å²) in [6.07, 6.45) is 1.29. The highest BCUT2D eigenvalue weighted by Gasteiger charge is 2.36. The van der Waals surface area contributed by atoms with Crippen LogP contribution in [0.4, 0.5) is 0 Å². The van der Waals surface area contributed by atoms with Gasteiger partial charge in [-0.3, -0.25) is 4.90 Å². The van der Waals surface area contributed by atoms with Crippen molar-refractivity contribution in [3.63, 3.8) is 0 Å². The first-order valence-electron chi connectivity index (χ1n) is 7.81. The molecule has 2 heterocycles. The summed E-state index contributed by atoms with van der Waals surface area (Å²) in [6.45, 7) is 7.64. The van der Waals surface area contributed by atoms with Gasteiger partial charge in [0.2, 0.25) is 0 Å². The van der Waals surface area contributed by atoms with Crippen molar-refractivity contribution in [2.75, 3.05) is 40.3 Å². The Morgan fingerprint density at radius 3 is 2.85 bits per heavy atom. The van der Waals surface area contributed by atoms with Crippen molar-refractivity contribution in [1.82, 2.24) is 15.1 Å². The molecule has 2 fully saturated rings. The van der Waals surface area contributed by atoms with Crippen LogP contribution in [0.15, 0.2) is 16.5 Å². The van der Waals surface area contributed by atoms with Gasteiger partial charge in [-0.15, -0.1) is 0 Å². The third-order valence-corrected chi connectivity index (χ3v) is 4.82. The summed E-state index contributed by atoms with van der Waals surface area (Å²) >= 11 is 0. The first kappa shape index (κ1) is 14.1. The van der Waals surface area contributed by atoms with Crippen LogP contribution in [0, 0.1) is 5.92 Å². The monoisotopic (exact) mass is 277 g/mol. The Bertz CT molecular complexity index is 445. The lowest BCUT2D eigenvalue weighted by Gasteiger charge is -2.37. The molecular weight excluding hydrogens is 250 g/mol. The van der Waals surface area contributed by atoms with Crippen LogP contribution in [0.5, 0.6) is 0 Å². The van der Waals surface area contributed by atoms with E-state index in [2.05, 4.69) is 48.3 Å². The van der Waals surface area contributed by atoms with E-state index in [9.17, 15) is 0 Å². The summed E-state index contributed by atoms with van der Waals surface area (Å²) in [6, 6.07) is 4.89. The summed E-state index contributed by atoms with van der Waals surface area (Å²) in [5.74, 6) is 3.75. The second-order valence-corrected chi connectivity index (χ2v) is 6.65. The highest BCUT2D eigenvalue weighted by Crippen LogP contribution is 2.47. The molecule has 3 unspecified atom stereocenters. The van der Waals surface area contributed by atoms with Gasteiger partial charge in [0.25, 0.3) is 0 Å². The maximum absolute atomic E-state index is 5.93. The van der Waals surface area contributed by atoms with Crippen LogP contribution in [0.3, 0.4) is 0 Å². The molecule has 20 heavy (non-hydrogen) atoms. The third kappa shape index (κ3) is 3.25. The smallest absolute Gasteiger partial charge is 0.117 e. The lowest BCUT2D eigenvalue weighted by Crippen LogP contribution is -2.53. The standard InChI is InChI=1S/C16H27N3O/c1-12-8-15(12)16-5-4-14(20-16)10-17-9-13-11-18(2)6-7-19(13)3/h4-5,12-13,15,17H,6-11H2,1-3H3. The van der Waals surface area contributed by atoms with Crippen LogP contribution in [0.2, 0.25) is 0 Å². The van der Waals surface area contributed by atoms with Gasteiger partial charge in [0, 0.05) is 38.1 Å². The Morgan fingerprint density at radius 1 is 1.30 bits per heavy atom. The van der Waals surface area contributed by atoms with Crippen LogP contribution < -0.4 is 5.32 Å². The first-order valence-corrected chi connectivity index (χ1v) is 7.81. The van der Waals surface area contributed by atoms with Gasteiger partial charge in [-0.2, -0.15) is 0 Å². The van der Waals surface area contributed by atoms with Crippen molar-refractivity contribution in [3.8, 4) is 0 Å². The molecule has 1 aliphatic carbocycles. The molecule has 3 rings (SSSR count). The quantitative estimate of drug-likeness (QED) is 0.888. The normalized spacial score (nSPS) is 31.6. The molecule has 4 heteroatoms. The summed E-state index contributed by atoms with van der Waals surface area (Å²) in [7, 11) is 4.43. The minimum absolute atomic E-state index is 0.603. The zero-order valence-corrected chi connectivity index (χ0v) is 12.9. The van der Waals surface area contributed by atoms with Crippen molar-refractivity contribution in [3.05, 3.63) is 23.7 Å². The molecule has 3 atom stereocenters. The average molecular weight is 277 g/mol. The Morgan fingerprint density at radius 2 is 2.10 bits per heavy atom. The Kier molecular flexibility index (Phi) is 4.15. The molecule has 1 aromatic rings. The number of likely N-dealkylation sites (N-methyl/N-ethyl adjacent to an activating group) is 2. The van der Waals surface area contributed by atoms with Crippen molar-refractivity contribution >= 4 is 0 Å². The zero-order valence-electron chi connectivity index (χ0n) is 12.9. The van der Waals surface area contributed by atoms with Gasteiger partial charge in [-0.1, -0.05) is 6.92 Å². The summed E-state index contributed by atoms with van der Waals surface area (Å²) in [4.78, 5) is 4.86. The molecule has 1 aromatic heterocycles. The van der Waals surface area contributed by atoms with E-state index >= 15 is 0 Å². The highest BCUT2D eigenvalue weighted by atomic mass is 16.3. The number of nitrogens with zero attached hydrogens (tertiary/aromatic N) is 2. The molecule has 1 aliphatic heterocycles. The number of hydrogen-bond acceptors (Lipinski definition) is 4. The second kappa shape index (κ2) is 5.88. The molecule has 1 saturated heterocycles. The van der Waals surface area contributed by atoms with Gasteiger partial charge in [0.15, 0.2) is 0 Å². The average Bonchev–Trinajstić information content (AvgIpc) is 2.97. The lowest BCUT2D eigenvalue weighted by atomic mass is 10.2. The topological polar surface area (TPSA) is 31.6 Å². The minimum atomic E-state index is 0.603. The maximum atomic E-state index is 5.93. The summed E-state index contributed by atoms with van der Waals surface area (Å²) < 4.78 is 5.93. The SMILES string of the molecule is CC1CC1c1ccc(CNCC2CN(C)CCN2C)o1. The van der Waals surface area contributed by atoms with E-state index in [1.165, 1.54) is 18.7 Å². The van der Waals surface area contributed by atoms with E-state index in [1.807, 2.05) is 0 Å².